The lowest BCUT2D eigenvalue weighted by Crippen LogP contribution is -2.63. The van der Waals surface area contributed by atoms with Crippen LogP contribution in [0.15, 0.2) is 42.0 Å². The molecule has 0 saturated carbocycles. The van der Waals surface area contributed by atoms with Gasteiger partial charge < -0.3 is 20.1 Å². The quantitative estimate of drug-likeness (QED) is 0.370. The van der Waals surface area contributed by atoms with Gasteiger partial charge in [-0.3, -0.25) is 14.5 Å². The van der Waals surface area contributed by atoms with Gasteiger partial charge in [0.2, 0.25) is 11.8 Å². The Morgan fingerprint density at radius 1 is 0.902 bits per heavy atom. The predicted octanol–water partition coefficient (Wildman–Crippen LogP) is 5.24. The fourth-order valence-electron chi connectivity index (χ4n) is 4.75. The molecule has 3 amide bonds. The molecule has 1 aromatic rings. The van der Waals surface area contributed by atoms with Crippen LogP contribution >= 0.6 is 0 Å². The number of hydrogen-bond donors (Lipinski definition) is 2. The van der Waals surface area contributed by atoms with Crippen LogP contribution in [0.3, 0.4) is 0 Å². The molecule has 0 aliphatic rings. The van der Waals surface area contributed by atoms with Crippen LogP contribution in [0.25, 0.3) is 0 Å². The Morgan fingerprint density at radius 2 is 1.41 bits per heavy atom. The van der Waals surface area contributed by atoms with Crippen LogP contribution in [0.5, 0.6) is 0 Å². The SMILES string of the molecule is C/C(=C\[C@H](C(C)C)N(C)C(=O)[C@@H](NC(=O)[C@H](N(C)C(=O)OC(C)(C)C)C(C)(C)c1ccccc1)C(C)(C)C)C(=O)O. The Kier molecular flexibility index (Phi) is 11.8. The molecule has 0 unspecified atom stereocenters. The standard InChI is InChI=1S/C32H51N3O6/c1-20(2)23(19-21(3)28(38)39)34(12)27(37)24(30(4,5)6)33-26(36)25(35(13)29(40)41-31(7,8)9)32(10,11)22-17-15-14-16-18-22/h14-20,23-25H,1-13H3,(H,33,36)(H,38,39)/b21-19+/t23-,24-,25+/m1/s1. The molecule has 9 nitrogen and oxygen atoms in total. The number of amides is 3. The van der Waals surface area contributed by atoms with Crippen molar-refractivity contribution >= 4 is 23.9 Å². The summed E-state index contributed by atoms with van der Waals surface area (Å²) in [5, 5.41) is 12.4. The van der Waals surface area contributed by atoms with E-state index >= 15 is 0 Å². The molecule has 41 heavy (non-hydrogen) atoms. The fraction of sp³-hybridized carbons (Fsp3) is 0.625. The third-order valence-corrected chi connectivity index (χ3v) is 7.15. The van der Waals surface area contributed by atoms with Crippen LogP contribution in [0, 0.1) is 11.3 Å². The monoisotopic (exact) mass is 573 g/mol. The maximum atomic E-state index is 14.2. The number of hydrogen-bond acceptors (Lipinski definition) is 5. The topological polar surface area (TPSA) is 116 Å². The number of carboxylic acid groups (broad SMARTS) is 1. The van der Waals surface area contributed by atoms with Crippen molar-refractivity contribution in [2.75, 3.05) is 14.1 Å². The number of carbonyl (C=O) groups excluding carboxylic acids is 3. The summed E-state index contributed by atoms with van der Waals surface area (Å²) in [7, 11) is 3.14. The first kappa shape index (κ1) is 35.7. The van der Waals surface area contributed by atoms with Crippen LogP contribution < -0.4 is 5.32 Å². The van der Waals surface area contributed by atoms with E-state index in [0.717, 1.165) is 5.56 Å². The summed E-state index contributed by atoms with van der Waals surface area (Å²) in [5.74, 6) is -2.02. The highest BCUT2D eigenvalue weighted by molar-refractivity contribution is 5.93. The van der Waals surface area contributed by atoms with E-state index in [1.165, 1.54) is 23.8 Å². The highest BCUT2D eigenvalue weighted by atomic mass is 16.6. The van der Waals surface area contributed by atoms with E-state index in [9.17, 15) is 24.3 Å². The van der Waals surface area contributed by atoms with Crippen molar-refractivity contribution < 1.29 is 29.0 Å². The number of carbonyl (C=O) groups is 4. The molecule has 0 saturated heterocycles. The Labute approximate surface area is 246 Å². The third kappa shape index (κ3) is 9.61. The molecule has 0 aromatic heterocycles. The fourth-order valence-corrected chi connectivity index (χ4v) is 4.75. The lowest BCUT2D eigenvalue weighted by Gasteiger charge is -2.42. The maximum absolute atomic E-state index is 14.2. The first-order valence-electron chi connectivity index (χ1n) is 14.0. The van der Waals surface area contributed by atoms with Crippen LogP contribution in [0.4, 0.5) is 4.79 Å². The Hall–Kier alpha value is -3.36. The minimum atomic E-state index is -1.06. The highest BCUT2D eigenvalue weighted by Gasteiger charge is 2.45. The van der Waals surface area contributed by atoms with Gasteiger partial charge in [0.25, 0.3) is 0 Å². The van der Waals surface area contributed by atoms with E-state index in [1.54, 1.807) is 33.9 Å². The second kappa shape index (κ2) is 13.5. The van der Waals surface area contributed by atoms with Crippen LogP contribution in [0.1, 0.15) is 81.7 Å². The molecule has 9 heteroatoms. The zero-order valence-corrected chi connectivity index (χ0v) is 27.2. The number of nitrogens with one attached hydrogen (secondary N) is 1. The van der Waals surface area contributed by atoms with Gasteiger partial charge >= 0.3 is 12.1 Å². The second-order valence-electron chi connectivity index (χ2n) is 13.7. The van der Waals surface area contributed by atoms with Crippen LogP contribution in [-0.2, 0) is 24.5 Å². The molecule has 0 bridgehead atoms. The first-order chi connectivity index (χ1) is 18.5. The molecule has 1 aromatic carbocycles. The molecule has 0 spiro atoms. The molecule has 0 fully saturated rings. The normalized spacial score (nSPS) is 15.0. The number of ether oxygens (including phenoxy) is 1. The summed E-state index contributed by atoms with van der Waals surface area (Å²) in [4.78, 5) is 55.7. The minimum Gasteiger partial charge on any atom is -0.478 e. The van der Waals surface area contributed by atoms with Crippen molar-refractivity contribution in [2.24, 2.45) is 11.3 Å². The van der Waals surface area contributed by atoms with Crippen molar-refractivity contribution in [1.82, 2.24) is 15.1 Å². The molecule has 0 aliphatic heterocycles. The molecule has 0 radical (unpaired) electrons. The Balaban J connectivity index is 3.59. The summed E-state index contributed by atoms with van der Waals surface area (Å²) < 4.78 is 5.61. The molecule has 230 valence electrons. The van der Waals surface area contributed by atoms with E-state index in [0.29, 0.717) is 0 Å². The smallest absolute Gasteiger partial charge is 0.410 e. The van der Waals surface area contributed by atoms with Gasteiger partial charge in [0.05, 0.1) is 6.04 Å². The number of aliphatic carboxylic acids is 1. The summed E-state index contributed by atoms with van der Waals surface area (Å²) >= 11 is 0. The van der Waals surface area contributed by atoms with Crippen LogP contribution in [0.2, 0.25) is 0 Å². The number of rotatable bonds is 10. The molecular formula is C32H51N3O6. The van der Waals surface area contributed by atoms with Gasteiger partial charge in [0.1, 0.15) is 17.7 Å². The predicted molar refractivity (Wildman–Crippen MR) is 161 cm³/mol. The van der Waals surface area contributed by atoms with Crippen molar-refractivity contribution in [3.8, 4) is 0 Å². The molecule has 3 atom stereocenters. The lowest BCUT2D eigenvalue weighted by molar-refractivity contribution is -0.142. The third-order valence-electron chi connectivity index (χ3n) is 7.15. The minimum absolute atomic E-state index is 0.0855. The average Bonchev–Trinajstić information content (AvgIpc) is 2.83. The molecular weight excluding hydrogens is 522 g/mol. The maximum Gasteiger partial charge on any atom is 0.410 e. The molecule has 0 heterocycles. The number of likely N-dealkylation sites (N-methyl/N-ethyl adjacent to an activating group) is 2. The van der Waals surface area contributed by atoms with Gasteiger partial charge in [0, 0.05) is 25.1 Å². The van der Waals surface area contributed by atoms with Gasteiger partial charge in [-0.05, 0) is 44.6 Å². The highest BCUT2D eigenvalue weighted by Crippen LogP contribution is 2.32. The van der Waals surface area contributed by atoms with E-state index in [4.69, 9.17) is 4.74 Å². The number of carboxylic acids is 1. The Morgan fingerprint density at radius 3 is 1.83 bits per heavy atom. The molecule has 1 rings (SSSR count). The second-order valence-corrected chi connectivity index (χ2v) is 13.7. The Bertz CT molecular complexity index is 1110. The van der Waals surface area contributed by atoms with Crippen molar-refractivity contribution in [3.63, 3.8) is 0 Å². The van der Waals surface area contributed by atoms with E-state index in [2.05, 4.69) is 5.32 Å². The van der Waals surface area contributed by atoms with Gasteiger partial charge in [0.15, 0.2) is 0 Å². The van der Waals surface area contributed by atoms with Crippen LogP contribution in [-0.4, -0.2) is 76.6 Å². The van der Waals surface area contributed by atoms with E-state index in [-0.39, 0.29) is 17.4 Å². The zero-order chi connectivity index (χ0) is 32.1. The van der Waals surface area contributed by atoms with Gasteiger partial charge in [-0.1, -0.05) is 84.9 Å². The van der Waals surface area contributed by atoms with Gasteiger partial charge in [-0.25, -0.2) is 9.59 Å². The summed E-state index contributed by atoms with van der Waals surface area (Å²) in [6.07, 6.45) is 0.899. The van der Waals surface area contributed by atoms with Gasteiger partial charge in [-0.2, -0.15) is 0 Å². The van der Waals surface area contributed by atoms with Crippen molar-refractivity contribution in [1.29, 1.82) is 0 Å². The summed E-state index contributed by atoms with van der Waals surface area (Å²) in [6, 6.07) is 6.90. The van der Waals surface area contributed by atoms with Crippen molar-refractivity contribution in [2.45, 2.75) is 105 Å². The summed E-state index contributed by atoms with van der Waals surface area (Å²) in [5.41, 5.74) is -1.39. The molecule has 0 aliphatic carbocycles. The lowest BCUT2D eigenvalue weighted by atomic mass is 9.76. The average molecular weight is 574 g/mol. The van der Waals surface area contributed by atoms with Crippen molar-refractivity contribution in [3.05, 3.63) is 47.5 Å². The summed E-state index contributed by atoms with van der Waals surface area (Å²) in [6.45, 7) is 19.9. The largest absolute Gasteiger partial charge is 0.478 e. The molecule has 2 N–H and O–H groups in total. The number of nitrogens with zero attached hydrogens (tertiary/aromatic N) is 2. The number of benzene rings is 1. The zero-order valence-electron chi connectivity index (χ0n) is 27.2. The van der Waals surface area contributed by atoms with E-state index < -0.39 is 52.5 Å². The van der Waals surface area contributed by atoms with Gasteiger partial charge in [-0.15, -0.1) is 0 Å². The first-order valence-corrected chi connectivity index (χ1v) is 14.0. The van der Waals surface area contributed by atoms with E-state index in [1.807, 2.05) is 78.8 Å².